The predicted octanol–water partition coefficient (Wildman–Crippen LogP) is 2.17. The van der Waals surface area contributed by atoms with Crippen molar-refractivity contribution in [2.45, 2.75) is 38.1 Å². The zero-order valence-electron chi connectivity index (χ0n) is 9.99. The largest absolute Gasteiger partial charge is 0.394 e. The maximum atomic E-state index is 8.74. The van der Waals surface area contributed by atoms with Crippen molar-refractivity contribution in [2.75, 3.05) is 5.32 Å². The Morgan fingerprint density at radius 3 is 2.28 bits per heavy atom. The van der Waals surface area contributed by atoms with Crippen LogP contribution < -0.4 is 5.32 Å². The summed E-state index contributed by atoms with van der Waals surface area (Å²) in [5.41, 5.74) is 0. The second-order valence-electron chi connectivity index (χ2n) is 4.14. The molecule has 7 heteroatoms. The molecule has 1 aliphatic carbocycles. The highest BCUT2D eigenvalue weighted by Gasteiger charge is 2.12. The molecule has 0 spiro atoms. The van der Waals surface area contributed by atoms with Crippen molar-refractivity contribution in [3.8, 4) is 0 Å². The van der Waals surface area contributed by atoms with Crippen LogP contribution in [0.5, 0.6) is 0 Å². The maximum Gasteiger partial charge on any atom is 0.394 e. The average molecular weight is 274 g/mol. The SMILES string of the molecule is O=S(=O)(O)O.c1ccc(NC2CCCCC2)nc1. The number of pyridine rings is 1. The zero-order chi connectivity index (χ0) is 13.4. The van der Waals surface area contributed by atoms with E-state index in [4.69, 9.17) is 17.5 Å². The van der Waals surface area contributed by atoms with Gasteiger partial charge in [0, 0.05) is 12.2 Å². The Kier molecular flexibility index (Phi) is 6.03. The maximum absolute atomic E-state index is 8.74. The lowest BCUT2D eigenvalue weighted by Crippen LogP contribution is -2.22. The van der Waals surface area contributed by atoms with Gasteiger partial charge in [0.2, 0.25) is 0 Å². The van der Waals surface area contributed by atoms with Crippen LogP contribution in [-0.2, 0) is 10.4 Å². The van der Waals surface area contributed by atoms with Crippen LogP contribution in [0, 0.1) is 0 Å². The van der Waals surface area contributed by atoms with Crippen molar-refractivity contribution in [1.82, 2.24) is 4.98 Å². The summed E-state index contributed by atoms with van der Waals surface area (Å²) in [7, 11) is -4.67. The lowest BCUT2D eigenvalue weighted by molar-refractivity contribution is 0.381. The molecule has 0 bridgehead atoms. The highest BCUT2D eigenvalue weighted by molar-refractivity contribution is 7.79. The van der Waals surface area contributed by atoms with E-state index in [-0.39, 0.29) is 0 Å². The van der Waals surface area contributed by atoms with Gasteiger partial charge in [0.1, 0.15) is 5.82 Å². The van der Waals surface area contributed by atoms with E-state index in [2.05, 4.69) is 10.3 Å². The number of hydrogen-bond donors (Lipinski definition) is 3. The fraction of sp³-hybridized carbons (Fsp3) is 0.545. The molecule has 0 atom stereocenters. The number of aromatic nitrogens is 1. The smallest absolute Gasteiger partial charge is 0.367 e. The van der Waals surface area contributed by atoms with Crippen LogP contribution in [0.25, 0.3) is 0 Å². The highest BCUT2D eigenvalue weighted by Crippen LogP contribution is 2.20. The summed E-state index contributed by atoms with van der Waals surface area (Å²) in [5.74, 6) is 1.02. The van der Waals surface area contributed by atoms with Gasteiger partial charge in [-0.1, -0.05) is 25.3 Å². The van der Waals surface area contributed by atoms with Crippen LogP contribution in [0.2, 0.25) is 0 Å². The van der Waals surface area contributed by atoms with Gasteiger partial charge in [-0.25, -0.2) is 4.98 Å². The molecule has 0 aliphatic heterocycles. The van der Waals surface area contributed by atoms with Crippen molar-refractivity contribution in [3.05, 3.63) is 24.4 Å². The molecule has 0 unspecified atom stereocenters. The molecular formula is C11H18N2O4S. The first-order valence-electron chi connectivity index (χ1n) is 5.82. The van der Waals surface area contributed by atoms with Gasteiger partial charge in [-0.3, -0.25) is 9.11 Å². The normalized spacial score (nSPS) is 16.6. The lowest BCUT2D eigenvalue weighted by atomic mass is 9.95. The summed E-state index contributed by atoms with van der Waals surface area (Å²) in [6.07, 6.45) is 8.58. The van der Waals surface area contributed by atoms with E-state index < -0.39 is 10.4 Å². The molecule has 6 nitrogen and oxygen atoms in total. The van der Waals surface area contributed by atoms with Crippen LogP contribution in [-0.4, -0.2) is 28.5 Å². The number of nitrogens with one attached hydrogen (secondary N) is 1. The Balaban J connectivity index is 0.000000280. The minimum Gasteiger partial charge on any atom is -0.367 e. The van der Waals surface area contributed by atoms with Crippen LogP contribution in [0.4, 0.5) is 5.82 Å². The number of anilines is 1. The van der Waals surface area contributed by atoms with Crippen LogP contribution in [0.15, 0.2) is 24.4 Å². The van der Waals surface area contributed by atoms with E-state index in [9.17, 15) is 0 Å². The Hall–Kier alpha value is -1.18. The average Bonchev–Trinajstić information content (AvgIpc) is 2.29. The van der Waals surface area contributed by atoms with E-state index in [0.717, 1.165) is 5.82 Å². The molecule has 3 N–H and O–H groups in total. The minimum absolute atomic E-state index is 0.656. The van der Waals surface area contributed by atoms with E-state index in [1.165, 1.54) is 32.1 Å². The third-order valence-electron chi connectivity index (χ3n) is 2.62. The van der Waals surface area contributed by atoms with Gasteiger partial charge in [0.15, 0.2) is 0 Å². The molecule has 1 saturated carbocycles. The molecule has 1 aliphatic rings. The van der Waals surface area contributed by atoms with Crippen molar-refractivity contribution in [1.29, 1.82) is 0 Å². The molecule has 0 aromatic carbocycles. The summed E-state index contributed by atoms with van der Waals surface area (Å²) in [5, 5.41) is 3.47. The molecule has 1 heterocycles. The Bertz CT molecular complexity index is 422. The molecule has 0 radical (unpaired) electrons. The molecule has 18 heavy (non-hydrogen) atoms. The summed E-state index contributed by atoms with van der Waals surface area (Å²) in [6.45, 7) is 0. The van der Waals surface area contributed by atoms with Gasteiger partial charge in [-0.05, 0) is 25.0 Å². The van der Waals surface area contributed by atoms with E-state index in [1.807, 2.05) is 24.4 Å². The van der Waals surface area contributed by atoms with E-state index in [0.29, 0.717) is 6.04 Å². The Morgan fingerprint density at radius 2 is 1.78 bits per heavy atom. The molecule has 0 amide bonds. The first-order valence-corrected chi connectivity index (χ1v) is 7.22. The quantitative estimate of drug-likeness (QED) is 0.715. The highest BCUT2D eigenvalue weighted by atomic mass is 32.3. The molecule has 102 valence electrons. The van der Waals surface area contributed by atoms with Crippen molar-refractivity contribution in [2.24, 2.45) is 0 Å². The number of nitrogens with zero attached hydrogens (tertiary/aromatic N) is 1. The van der Waals surface area contributed by atoms with Crippen molar-refractivity contribution >= 4 is 16.2 Å². The Morgan fingerprint density at radius 1 is 1.17 bits per heavy atom. The molecule has 0 saturated heterocycles. The zero-order valence-corrected chi connectivity index (χ0v) is 10.8. The summed E-state index contributed by atoms with van der Waals surface area (Å²) in [6, 6.07) is 6.67. The summed E-state index contributed by atoms with van der Waals surface area (Å²) in [4.78, 5) is 4.26. The molecule has 2 rings (SSSR count). The van der Waals surface area contributed by atoms with Gasteiger partial charge in [-0.2, -0.15) is 8.42 Å². The standard InChI is InChI=1S/C11H16N2.H2O4S/c1-2-6-10(7-3-1)13-11-8-4-5-9-12-11;1-5(2,3)4/h4-5,8-10H,1-3,6-7H2,(H,12,13);(H2,1,2,3,4). The topological polar surface area (TPSA) is 99.5 Å². The van der Waals surface area contributed by atoms with E-state index in [1.54, 1.807) is 0 Å². The van der Waals surface area contributed by atoms with Crippen LogP contribution in [0.1, 0.15) is 32.1 Å². The monoisotopic (exact) mass is 274 g/mol. The fourth-order valence-corrected chi connectivity index (χ4v) is 1.90. The van der Waals surface area contributed by atoms with Gasteiger partial charge >= 0.3 is 10.4 Å². The molecule has 1 aromatic heterocycles. The Labute approximate surface area is 107 Å². The predicted molar refractivity (Wildman–Crippen MR) is 68.9 cm³/mol. The molecule has 1 fully saturated rings. The van der Waals surface area contributed by atoms with Gasteiger partial charge in [0.05, 0.1) is 0 Å². The molecule has 1 aromatic rings. The number of hydrogen-bond acceptors (Lipinski definition) is 4. The summed E-state index contributed by atoms with van der Waals surface area (Å²) < 4.78 is 31.6. The van der Waals surface area contributed by atoms with Crippen LogP contribution in [0.3, 0.4) is 0 Å². The third-order valence-corrected chi connectivity index (χ3v) is 2.62. The lowest BCUT2D eigenvalue weighted by Gasteiger charge is -2.23. The fourth-order valence-electron chi connectivity index (χ4n) is 1.90. The summed E-state index contributed by atoms with van der Waals surface area (Å²) >= 11 is 0. The van der Waals surface area contributed by atoms with E-state index >= 15 is 0 Å². The first kappa shape index (κ1) is 14.9. The third kappa shape index (κ3) is 7.99. The van der Waals surface area contributed by atoms with Gasteiger partial charge in [-0.15, -0.1) is 0 Å². The number of rotatable bonds is 2. The van der Waals surface area contributed by atoms with Gasteiger partial charge < -0.3 is 5.32 Å². The van der Waals surface area contributed by atoms with Crippen LogP contribution >= 0.6 is 0 Å². The molecular weight excluding hydrogens is 256 g/mol. The first-order chi connectivity index (χ1) is 8.45. The van der Waals surface area contributed by atoms with Crippen molar-refractivity contribution in [3.63, 3.8) is 0 Å². The second-order valence-corrected chi connectivity index (χ2v) is 5.04. The van der Waals surface area contributed by atoms with Gasteiger partial charge in [0.25, 0.3) is 0 Å². The second kappa shape index (κ2) is 7.30. The minimum atomic E-state index is -4.67. The van der Waals surface area contributed by atoms with Crippen molar-refractivity contribution < 1.29 is 17.5 Å².